The lowest BCUT2D eigenvalue weighted by atomic mass is 10.1. The van der Waals surface area contributed by atoms with Crippen LogP contribution in [0.4, 0.5) is 11.4 Å². The number of nitrogens with zero attached hydrogens (tertiary/aromatic N) is 2. The van der Waals surface area contributed by atoms with Gasteiger partial charge in [0, 0.05) is 25.2 Å². The highest BCUT2D eigenvalue weighted by atomic mass is 15.3. The van der Waals surface area contributed by atoms with Crippen molar-refractivity contribution in [2.24, 2.45) is 0 Å². The lowest BCUT2D eigenvalue weighted by Crippen LogP contribution is -2.55. The molecule has 2 aliphatic rings. The molecule has 0 bridgehead atoms. The first-order chi connectivity index (χ1) is 8.65. The van der Waals surface area contributed by atoms with Crippen LogP contribution in [0.5, 0.6) is 0 Å². The van der Waals surface area contributed by atoms with Gasteiger partial charge in [-0.2, -0.15) is 0 Å². The van der Waals surface area contributed by atoms with Gasteiger partial charge >= 0.3 is 0 Å². The second-order valence-electron chi connectivity index (χ2n) is 5.85. The highest BCUT2D eigenvalue weighted by Crippen LogP contribution is 2.32. The minimum Gasteiger partial charge on any atom is -0.397 e. The van der Waals surface area contributed by atoms with Crippen LogP contribution in [0.3, 0.4) is 0 Å². The van der Waals surface area contributed by atoms with Crippen molar-refractivity contribution in [1.82, 2.24) is 4.90 Å². The molecule has 0 radical (unpaired) electrons. The fraction of sp³-hybridized carbons (Fsp3) is 0.600. The van der Waals surface area contributed by atoms with E-state index in [1.54, 1.807) is 0 Å². The Labute approximate surface area is 110 Å². The van der Waals surface area contributed by atoms with Crippen LogP contribution >= 0.6 is 0 Å². The normalized spacial score (nSPS) is 28.4. The number of nitrogen functional groups attached to an aromatic ring is 1. The number of rotatable bonds is 1. The molecule has 0 amide bonds. The molecular weight excluding hydrogens is 222 g/mol. The second kappa shape index (κ2) is 4.47. The van der Waals surface area contributed by atoms with E-state index < -0.39 is 0 Å². The summed E-state index contributed by atoms with van der Waals surface area (Å²) in [5.74, 6) is 0. The number of fused-ring (bicyclic) bond motifs is 1. The van der Waals surface area contributed by atoms with Crippen molar-refractivity contribution >= 4 is 11.4 Å². The molecule has 2 heterocycles. The van der Waals surface area contributed by atoms with Crippen LogP contribution in [0.25, 0.3) is 0 Å². The molecule has 1 aromatic rings. The van der Waals surface area contributed by atoms with Crippen molar-refractivity contribution in [3.63, 3.8) is 0 Å². The summed E-state index contributed by atoms with van der Waals surface area (Å²) < 4.78 is 0. The number of hydrogen-bond acceptors (Lipinski definition) is 3. The Bertz CT molecular complexity index is 443. The first-order valence-electron chi connectivity index (χ1n) is 7.02. The van der Waals surface area contributed by atoms with Crippen LogP contribution in [0.1, 0.15) is 25.3 Å². The number of nitrogens with two attached hydrogens (primary N) is 1. The zero-order chi connectivity index (χ0) is 12.7. The molecule has 2 fully saturated rings. The third kappa shape index (κ3) is 1.97. The predicted octanol–water partition coefficient (Wildman–Crippen LogP) is 2.25. The van der Waals surface area contributed by atoms with Crippen LogP contribution in [-0.4, -0.2) is 36.6 Å². The molecule has 3 heteroatoms. The molecule has 2 N–H and O–H groups in total. The highest BCUT2D eigenvalue weighted by Gasteiger charge is 2.34. The lowest BCUT2D eigenvalue weighted by molar-refractivity contribution is 0.203. The first-order valence-corrected chi connectivity index (χ1v) is 7.02. The number of aryl methyl sites for hydroxylation is 1. The molecule has 0 aliphatic carbocycles. The summed E-state index contributed by atoms with van der Waals surface area (Å²) >= 11 is 0. The molecule has 3 rings (SSSR count). The SMILES string of the molecule is Cc1ccc(N2CC3CCCN3CC2C)c(N)c1. The molecule has 0 aromatic heterocycles. The number of hydrogen-bond donors (Lipinski definition) is 1. The minimum atomic E-state index is 0.560. The molecule has 0 spiro atoms. The third-order valence-electron chi connectivity index (χ3n) is 4.43. The smallest absolute Gasteiger partial charge is 0.0603 e. The van der Waals surface area contributed by atoms with Crippen LogP contribution in [0.15, 0.2) is 18.2 Å². The van der Waals surface area contributed by atoms with Crippen molar-refractivity contribution in [2.45, 2.75) is 38.8 Å². The van der Waals surface area contributed by atoms with E-state index in [2.05, 4.69) is 41.8 Å². The molecule has 2 atom stereocenters. The summed E-state index contributed by atoms with van der Waals surface area (Å²) in [5, 5.41) is 0. The first kappa shape index (κ1) is 11.8. The van der Waals surface area contributed by atoms with Crippen LogP contribution in [0, 0.1) is 6.92 Å². The van der Waals surface area contributed by atoms with Gasteiger partial charge in [-0.1, -0.05) is 6.07 Å². The van der Waals surface area contributed by atoms with Crippen molar-refractivity contribution < 1.29 is 0 Å². The molecule has 1 aromatic carbocycles. The van der Waals surface area contributed by atoms with Gasteiger partial charge in [0.2, 0.25) is 0 Å². The average molecular weight is 245 g/mol. The zero-order valence-corrected chi connectivity index (χ0v) is 11.4. The number of piperazine rings is 1. The average Bonchev–Trinajstić information content (AvgIpc) is 2.75. The monoisotopic (exact) mass is 245 g/mol. The van der Waals surface area contributed by atoms with Crippen LogP contribution < -0.4 is 10.6 Å². The summed E-state index contributed by atoms with van der Waals surface area (Å²) in [7, 11) is 0. The molecule has 2 saturated heterocycles. The maximum absolute atomic E-state index is 6.20. The van der Waals surface area contributed by atoms with E-state index in [1.807, 2.05) is 0 Å². The van der Waals surface area contributed by atoms with Crippen molar-refractivity contribution in [1.29, 1.82) is 0 Å². The van der Waals surface area contributed by atoms with Gasteiger partial charge in [-0.25, -0.2) is 0 Å². The molecule has 18 heavy (non-hydrogen) atoms. The van der Waals surface area contributed by atoms with E-state index in [0.29, 0.717) is 6.04 Å². The fourth-order valence-corrected chi connectivity index (χ4v) is 3.46. The summed E-state index contributed by atoms with van der Waals surface area (Å²) in [6.07, 6.45) is 2.70. The fourth-order valence-electron chi connectivity index (χ4n) is 3.46. The largest absolute Gasteiger partial charge is 0.397 e. The van der Waals surface area contributed by atoms with Gasteiger partial charge in [0.05, 0.1) is 11.4 Å². The van der Waals surface area contributed by atoms with Crippen molar-refractivity contribution in [3.8, 4) is 0 Å². The van der Waals surface area contributed by atoms with Gasteiger partial charge in [-0.15, -0.1) is 0 Å². The third-order valence-corrected chi connectivity index (χ3v) is 4.43. The van der Waals surface area contributed by atoms with Gasteiger partial charge in [0.25, 0.3) is 0 Å². The standard InChI is InChI=1S/C15H23N3/c1-11-5-6-15(14(16)8-11)18-10-13-4-3-7-17(13)9-12(18)2/h5-6,8,12-13H,3-4,7,9-10,16H2,1-2H3. The van der Waals surface area contributed by atoms with Crippen molar-refractivity contribution in [2.75, 3.05) is 30.3 Å². The Balaban J connectivity index is 1.86. The summed E-state index contributed by atoms with van der Waals surface area (Å²) in [6, 6.07) is 7.74. The maximum atomic E-state index is 6.20. The Kier molecular flexibility index (Phi) is 2.94. The van der Waals surface area contributed by atoms with Gasteiger partial charge in [-0.05, 0) is 50.9 Å². The summed E-state index contributed by atoms with van der Waals surface area (Å²) in [6.45, 7) is 8.00. The van der Waals surface area contributed by atoms with E-state index in [0.717, 1.165) is 18.3 Å². The molecular formula is C15H23N3. The van der Waals surface area contributed by atoms with E-state index in [4.69, 9.17) is 5.73 Å². The minimum absolute atomic E-state index is 0.560. The molecule has 2 aliphatic heterocycles. The Morgan fingerprint density at radius 1 is 1.28 bits per heavy atom. The Hall–Kier alpha value is -1.22. The molecule has 0 saturated carbocycles. The second-order valence-corrected chi connectivity index (χ2v) is 5.85. The number of benzene rings is 1. The van der Waals surface area contributed by atoms with Gasteiger partial charge < -0.3 is 10.6 Å². The van der Waals surface area contributed by atoms with Crippen LogP contribution in [0.2, 0.25) is 0 Å². The van der Waals surface area contributed by atoms with E-state index in [9.17, 15) is 0 Å². The Morgan fingerprint density at radius 3 is 2.89 bits per heavy atom. The molecule has 3 nitrogen and oxygen atoms in total. The maximum Gasteiger partial charge on any atom is 0.0603 e. The van der Waals surface area contributed by atoms with Gasteiger partial charge in [0.15, 0.2) is 0 Å². The van der Waals surface area contributed by atoms with E-state index in [1.165, 1.54) is 37.2 Å². The summed E-state index contributed by atoms with van der Waals surface area (Å²) in [4.78, 5) is 5.15. The zero-order valence-electron chi connectivity index (χ0n) is 11.4. The highest BCUT2D eigenvalue weighted by molar-refractivity contribution is 5.69. The number of anilines is 2. The molecule has 2 unspecified atom stereocenters. The predicted molar refractivity (Wildman–Crippen MR) is 77.0 cm³/mol. The van der Waals surface area contributed by atoms with Crippen LogP contribution in [-0.2, 0) is 0 Å². The van der Waals surface area contributed by atoms with Crippen molar-refractivity contribution in [3.05, 3.63) is 23.8 Å². The van der Waals surface area contributed by atoms with Gasteiger partial charge in [-0.3, -0.25) is 4.90 Å². The van der Waals surface area contributed by atoms with E-state index >= 15 is 0 Å². The topological polar surface area (TPSA) is 32.5 Å². The quantitative estimate of drug-likeness (QED) is 0.770. The van der Waals surface area contributed by atoms with E-state index in [-0.39, 0.29) is 0 Å². The molecule has 98 valence electrons. The van der Waals surface area contributed by atoms with Gasteiger partial charge in [0.1, 0.15) is 0 Å². The Morgan fingerprint density at radius 2 is 2.11 bits per heavy atom. The lowest BCUT2D eigenvalue weighted by Gasteiger charge is -2.44. The summed E-state index contributed by atoms with van der Waals surface area (Å²) in [5.41, 5.74) is 9.58.